The number of nitro benzene ring substituents is 1. The lowest BCUT2D eigenvalue weighted by molar-refractivity contribution is -0.385. The lowest BCUT2D eigenvalue weighted by Crippen LogP contribution is -2.12. The van der Waals surface area contributed by atoms with Gasteiger partial charge in [0.25, 0.3) is 11.6 Å². The van der Waals surface area contributed by atoms with Crippen LogP contribution in [0, 0.1) is 17.0 Å². The Bertz CT molecular complexity index is 1090. The van der Waals surface area contributed by atoms with E-state index in [4.69, 9.17) is 9.47 Å². The van der Waals surface area contributed by atoms with Gasteiger partial charge in [-0.1, -0.05) is 12.1 Å². The topological polar surface area (TPSA) is 109 Å². The maximum absolute atomic E-state index is 12.5. The molecule has 3 aromatic rings. The molecule has 1 heterocycles. The van der Waals surface area contributed by atoms with Crippen molar-refractivity contribution in [2.45, 2.75) is 27.3 Å². The summed E-state index contributed by atoms with van der Waals surface area (Å²) in [5.74, 6) is 0.916. The van der Waals surface area contributed by atoms with Crippen LogP contribution in [0.2, 0.25) is 0 Å². The summed E-state index contributed by atoms with van der Waals surface area (Å²) in [7, 11) is 0. The largest absolute Gasteiger partial charge is 0.490 e. The highest BCUT2D eigenvalue weighted by atomic mass is 16.6. The molecule has 1 N–H and O–H groups in total. The van der Waals surface area contributed by atoms with Gasteiger partial charge in [-0.25, -0.2) is 0 Å². The molecule has 31 heavy (non-hydrogen) atoms. The van der Waals surface area contributed by atoms with Crippen molar-refractivity contribution in [2.75, 3.05) is 18.5 Å². The van der Waals surface area contributed by atoms with Crippen LogP contribution in [-0.2, 0) is 6.54 Å². The van der Waals surface area contributed by atoms with E-state index in [1.807, 2.05) is 32.0 Å². The molecule has 0 unspecified atom stereocenters. The molecule has 0 saturated heterocycles. The normalized spacial score (nSPS) is 10.5. The minimum atomic E-state index is -0.503. The number of nitrogens with one attached hydrogen (secondary N) is 1. The Balaban J connectivity index is 1.71. The molecule has 0 aliphatic carbocycles. The molecule has 1 aromatic heterocycles. The molecule has 0 aliphatic heterocycles. The summed E-state index contributed by atoms with van der Waals surface area (Å²) in [6.07, 6.45) is 3.22. The number of benzene rings is 2. The zero-order valence-electron chi connectivity index (χ0n) is 17.6. The SMILES string of the molecule is CCOc1ccc(Cn2cc(NC(=O)c3ccc(C)c([N+](=O)[O-])c3)cn2)cc1OCC. The molecule has 0 atom stereocenters. The molecule has 3 rings (SSSR count). The Labute approximate surface area is 179 Å². The fourth-order valence-electron chi connectivity index (χ4n) is 3.05. The molecule has 9 heteroatoms. The second-order valence-electron chi connectivity index (χ2n) is 6.79. The summed E-state index contributed by atoms with van der Waals surface area (Å²) in [6.45, 7) is 7.00. The Kier molecular flexibility index (Phi) is 6.86. The first-order chi connectivity index (χ1) is 14.9. The molecule has 2 aromatic carbocycles. The van der Waals surface area contributed by atoms with Gasteiger partial charge in [-0.05, 0) is 44.5 Å². The molecule has 0 saturated carbocycles. The van der Waals surface area contributed by atoms with Crippen molar-refractivity contribution in [1.82, 2.24) is 9.78 Å². The van der Waals surface area contributed by atoms with Crippen LogP contribution in [0.5, 0.6) is 11.5 Å². The summed E-state index contributed by atoms with van der Waals surface area (Å²) in [5, 5.41) is 18.1. The third kappa shape index (κ3) is 5.39. The van der Waals surface area contributed by atoms with Crippen molar-refractivity contribution in [3.63, 3.8) is 0 Å². The fraction of sp³-hybridized carbons (Fsp3) is 0.273. The molecular formula is C22H24N4O5. The Hall–Kier alpha value is -3.88. The Morgan fingerprint density at radius 3 is 2.58 bits per heavy atom. The second-order valence-corrected chi connectivity index (χ2v) is 6.79. The predicted octanol–water partition coefficient (Wildman–Crippen LogP) is 4.20. The molecule has 1 amide bonds. The van der Waals surface area contributed by atoms with Crippen LogP contribution in [0.15, 0.2) is 48.8 Å². The van der Waals surface area contributed by atoms with E-state index in [2.05, 4.69) is 10.4 Å². The van der Waals surface area contributed by atoms with Crippen molar-refractivity contribution in [3.05, 3.63) is 75.6 Å². The van der Waals surface area contributed by atoms with Gasteiger partial charge >= 0.3 is 0 Å². The van der Waals surface area contributed by atoms with Gasteiger partial charge in [0.05, 0.1) is 36.6 Å². The van der Waals surface area contributed by atoms with Crippen LogP contribution in [-0.4, -0.2) is 33.8 Å². The minimum Gasteiger partial charge on any atom is -0.490 e. The number of nitro groups is 1. The molecule has 0 fully saturated rings. The molecule has 0 radical (unpaired) electrons. The average molecular weight is 424 g/mol. The minimum absolute atomic E-state index is 0.0936. The van der Waals surface area contributed by atoms with E-state index in [1.165, 1.54) is 12.3 Å². The fourth-order valence-corrected chi connectivity index (χ4v) is 3.05. The predicted molar refractivity (Wildman–Crippen MR) is 116 cm³/mol. The van der Waals surface area contributed by atoms with Gasteiger partial charge in [0, 0.05) is 23.4 Å². The standard InChI is InChI=1S/C22H24N4O5/c1-4-30-20-9-7-16(10-21(20)31-5-2)13-25-14-18(12-23-25)24-22(27)17-8-6-15(3)19(11-17)26(28)29/h6-12,14H,4-5,13H2,1-3H3,(H,24,27). The monoisotopic (exact) mass is 424 g/mol. The number of hydrogen-bond acceptors (Lipinski definition) is 6. The second kappa shape index (κ2) is 9.75. The van der Waals surface area contributed by atoms with E-state index in [0.717, 1.165) is 5.56 Å². The summed E-state index contributed by atoms with van der Waals surface area (Å²) in [4.78, 5) is 23.1. The van der Waals surface area contributed by atoms with Crippen molar-refractivity contribution >= 4 is 17.3 Å². The quantitative estimate of drug-likeness (QED) is 0.407. The highest BCUT2D eigenvalue weighted by molar-refractivity contribution is 6.04. The van der Waals surface area contributed by atoms with Crippen LogP contribution >= 0.6 is 0 Å². The number of rotatable bonds is 9. The van der Waals surface area contributed by atoms with Crippen LogP contribution < -0.4 is 14.8 Å². The molecule has 0 aliphatic rings. The zero-order chi connectivity index (χ0) is 22.4. The summed E-state index contributed by atoms with van der Waals surface area (Å²) in [5.41, 5.74) is 2.06. The van der Waals surface area contributed by atoms with E-state index in [1.54, 1.807) is 29.9 Å². The van der Waals surface area contributed by atoms with E-state index in [0.29, 0.717) is 42.5 Å². The van der Waals surface area contributed by atoms with Gasteiger partial charge in [-0.3, -0.25) is 19.6 Å². The van der Waals surface area contributed by atoms with Crippen LogP contribution in [0.25, 0.3) is 0 Å². The van der Waals surface area contributed by atoms with E-state index >= 15 is 0 Å². The smallest absolute Gasteiger partial charge is 0.273 e. The highest BCUT2D eigenvalue weighted by Gasteiger charge is 2.15. The first kappa shape index (κ1) is 21.8. The summed E-state index contributed by atoms with van der Waals surface area (Å²) >= 11 is 0. The average Bonchev–Trinajstić information content (AvgIpc) is 3.17. The van der Waals surface area contributed by atoms with Crippen molar-refractivity contribution in [2.24, 2.45) is 0 Å². The zero-order valence-corrected chi connectivity index (χ0v) is 17.6. The lowest BCUT2D eigenvalue weighted by Gasteiger charge is -2.12. The third-order valence-electron chi connectivity index (χ3n) is 4.51. The number of nitrogens with zero attached hydrogens (tertiary/aromatic N) is 3. The number of hydrogen-bond donors (Lipinski definition) is 1. The van der Waals surface area contributed by atoms with Crippen molar-refractivity contribution in [3.8, 4) is 11.5 Å². The number of carbonyl (C=O) groups is 1. The number of aryl methyl sites for hydroxylation is 1. The van der Waals surface area contributed by atoms with E-state index in [-0.39, 0.29) is 11.3 Å². The van der Waals surface area contributed by atoms with Crippen molar-refractivity contribution < 1.29 is 19.2 Å². The number of amides is 1. The van der Waals surface area contributed by atoms with E-state index < -0.39 is 10.8 Å². The Morgan fingerprint density at radius 1 is 1.13 bits per heavy atom. The summed E-state index contributed by atoms with van der Waals surface area (Å²) in [6, 6.07) is 10.1. The highest BCUT2D eigenvalue weighted by Crippen LogP contribution is 2.29. The van der Waals surface area contributed by atoms with Crippen molar-refractivity contribution in [1.29, 1.82) is 0 Å². The summed E-state index contributed by atoms with van der Waals surface area (Å²) < 4.78 is 12.9. The van der Waals surface area contributed by atoms with Crippen LogP contribution in [0.4, 0.5) is 11.4 Å². The number of ether oxygens (including phenoxy) is 2. The number of aromatic nitrogens is 2. The molecular weight excluding hydrogens is 400 g/mol. The van der Waals surface area contributed by atoms with Gasteiger partial charge in [-0.2, -0.15) is 5.10 Å². The molecule has 0 bridgehead atoms. The van der Waals surface area contributed by atoms with Gasteiger partial charge in [0.1, 0.15) is 0 Å². The van der Waals surface area contributed by atoms with Gasteiger partial charge < -0.3 is 14.8 Å². The number of anilines is 1. The maximum atomic E-state index is 12.5. The molecule has 9 nitrogen and oxygen atoms in total. The molecule has 162 valence electrons. The van der Waals surface area contributed by atoms with Crippen LogP contribution in [0.1, 0.15) is 35.3 Å². The van der Waals surface area contributed by atoms with Gasteiger partial charge in [-0.15, -0.1) is 0 Å². The first-order valence-corrected chi connectivity index (χ1v) is 9.88. The molecule has 0 spiro atoms. The lowest BCUT2D eigenvalue weighted by atomic mass is 10.1. The maximum Gasteiger partial charge on any atom is 0.273 e. The van der Waals surface area contributed by atoms with Crippen LogP contribution in [0.3, 0.4) is 0 Å². The number of carbonyl (C=O) groups excluding carboxylic acids is 1. The Morgan fingerprint density at radius 2 is 1.87 bits per heavy atom. The van der Waals surface area contributed by atoms with Gasteiger partial charge in [0.2, 0.25) is 0 Å². The van der Waals surface area contributed by atoms with Gasteiger partial charge in [0.15, 0.2) is 11.5 Å². The third-order valence-corrected chi connectivity index (χ3v) is 4.51. The van der Waals surface area contributed by atoms with E-state index in [9.17, 15) is 14.9 Å². The first-order valence-electron chi connectivity index (χ1n) is 9.88.